The number of aliphatic hydroxyl groups is 3. The lowest BCUT2D eigenvalue weighted by molar-refractivity contribution is -0.219. The number of nitrogens with zero attached hydrogens (tertiary/aromatic N) is 2. The van der Waals surface area contributed by atoms with Crippen molar-refractivity contribution < 1.29 is 29.6 Å². The maximum Gasteiger partial charge on any atom is 0.237 e. The summed E-state index contributed by atoms with van der Waals surface area (Å²) in [5.74, 6) is 0.776. The molecule has 3 fully saturated rings. The Morgan fingerprint density at radius 3 is 2.66 bits per heavy atom. The molecule has 8 atom stereocenters. The molecule has 1 amide bonds. The largest absolute Gasteiger partial charge is 0.490 e. The molecule has 1 aliphatic carbocycles. The zero-order valence-corrected chi connectivity index (χ0v) is 23.9. The molecule has 0 spiro atoms. The Morgan fingerprint density at radius 2 is 1.90 bits per heavy atom. The molecule has 1 saturated carbocycles. The second-order valence-electron chi connectivity index (χ2n) is 11.4. The fourth-order valence-electron chi connectivity index (χ4n) is 6.10. The first-order chi connectivity index (χ1) is 19.7. The molecule has 3 aliphatic rings. The standard InChI is InChI=1S/C31H38ClN3O6/c1-18-28(37)29(38)30(39)31(40-18)20-6-11-26(32)21(14-20)13-19-4-8-24(9-5-19)41-25-10-7-22(15-25)34-17-27(36)35-12-2-3-23(35)16-33/h4-6,8-9,11,14,18,22-23,25,28-31,34,37-39H,2-3,7,10,12-13,15,17H2,1H3/t18-,22+,23+,25+,28-,29+,30-,31+/m1/s1. The van der Waals surface area contributed by atoms with Crippen LogP contribution in [0.3, 0.4) is 0 Å². The number of rotatable bonds is 8. The molecule has 0 unspecified atom stereocenters. The number of nitrogens with one attached hydrogen (secondary N) is 1. The molecule has 2 heterocycles. The SMILES string of the molecule is C[C@H]1O[C@@H](c2ccc(Cl)c(Cc3ccc(O[C@H]4CC[C@H](NCC(=O)N5CCC[C@H]5C#N)C4)cc3)c2)[C@H](O)[C@@H](O)[C@@H]1O. The normalized spacial score (nSPS) is 31.7. The smallest absolute Gasteiger partial charge is 0.237 e. The lowest BCUT2D eigenvalue weighted by Crippen LogP contribution is -2.53. The van der Waals surface area contributed by atoms with E-state index in [4.69, 9.17) is 21.1 Å². The van der Waals surface area contributed by atoms with Crippen molar-refractivity contribution in [2.45, 2.75) is 94.2 Å². The highest BCUT2D eigenvalue weighted by Crippen LogP contribution is 2.34. The zero-order valence-electron chi connectivity index (χ0n) is 23.2. The first-order valence-corrected chi connectivity index (χ1v) is 14.8. The number of nitriles is 1. The third kappa shape index (κ3) is 6.86. The van der Waals surface area contributed by atoms with Gasteiger partial charge in [-0.25, -0.2) is 0 Å². The van der Waals surface area contributed by atoms with Gasteiger partial charge >= 0.3 is 0 Å². The molecule has 0 bridgehead atoms. The van der Waals surface area contributed by atoms with Crippen LogP contribution in [-0.4, -0.2) is 81.8 Å². The fourth-order valence-corrected chi connectivity index (χ4v) is 6.28. The van der Waals surface area contributed by atoms with E-state index < -0.39 is 30.5 Å². The van der Waals surface area contributed by atoms with E-state index in [0.29, 0.717) is 23.6 Å². The van der Waals surface area contributed by atoms with Crippen LogP contribution in [0.5, 0.6) is 5.75 Å². The number of carbonyl (C=O) groups excluding carboxylic acids is 1. The monoisotopic (exact) mass is 583 g/mol. The van der Waals surface area contributed by atoms with Crippen LogP contribution < -0.4 is 10.1 Å². The minimum atomic E-state index is -1.30. The average Bonchev–Trinajstić information content (AvgIpc) is 3.64. The molecule has 2 aliphatic heterocycles. The second kappa shape index (κ2) is 13.1. The zero-order chi connectivity index (χ0) is 29.1. The lowest BCUT2D eigenvalue weighted by Gasteiger charge is -2.39. The number of likely N-dealkylation sites (tertiary alicyclic amines) is 1. The molecule has 2 aromatic carbocycles. The van der Waals surface area contributed by atoms with Crippen LogP contribution in [0.1, 0.15) is 61.8 Å². The first-order valence-electron chi connectivity index (χ1n) is 14.4. The van der Waals surface area contributed by atoms with Gasteiger partial charge in [-0.15, -0.1) is 0 Å². The first kappa shape index (κ1) is 29.8. The Balaban J connectivity index is 1.13. The van der Waals surface area contributed by atoms with Gasteiger partial charge in [-0.05, 0) is 80.3 Å². The number of ether oxygens (including phenoxy) is 2. The van der Waals surface area contributed by atoms with E-state index in [2.05, 4.69) is 11.4 Å². The van der Waals surface area contributed by atoms with Gasteiger partial charge in [0.25, 0.3) is 0 Å². The summed E-state index contributed by atoms with van der Waals surface area (Å²) in [6.45, 7) is 2.58. The number of amides is 1. The van der Waals surface area contributed by atoms with Gasteiger partial charge in [0.15, 0.2) is 0 Å². The van der Waals surface area contributed by atoms with Crippen molar-refractivity contribution in [3.63, 3.8) is 0 Å². The maximum atomic E-state index is 12.5. The molecule has 2 saturated heterocycles. The quantitative estimate of drug-likeness (QED) is 0.373. The number of hydrogen-bond donors (Lipinski definition) is 4. The molecule has 5 rings (SSSR count). The van der Waals surface area contributed by atoms with E-state index in [9.17, 15) is 25.4 Å². The number of aliphatic hydroxyl groups excluding tert-OH is 3. The highest BCUT2D eigenvalue weighted by Gasteiger charge is 2.42. The minimum Gasteiger partial charge on any atom is -0.490 e. The molecular weight excluding hydrogens is 546 g/mol. The molecule has 41 heavy (non-hydrogen) atoms. The third-order valence-electron chi connectivity index (χ3n) is 8.52. The van der Waals surface area contributed by atoms with Crippen molar-refractivity contribution in [2.24, 2.45) is 0 Å². The average molecular weight is 584 g/mol. The summed E-state index contributed by atoms with van der Waals surface area (Å²) < 4.78 is 12.0. The van der Waals surface area contributed by atoms with Gasteiger partial charge in [-0.3, -0.25) is 4.79 Å². The molecule has 4 N–H and O–H groups in total. The summed E-state index contributed by atoms with van der Waals surface area (Å²) >= 11 is 6.50. The second-order valence-corrected chi connectivity index (χ2v) is 11.8. The van der Waals surface area contributed by atoms with Gasteiger partial charge in [0.2, 0.25) is 5.91 Å². The van der Waals surface area contributed by atoms with Gasteiger partial charge in [-0.2, -0.15) is 5.26 Å². The predicted molar refractivity (Wildman–Crippen MR) is 152 cm³/mol. The predicted octanol–water partition coefficient (Wildman–Crippen LogP) is 2.88. The highest BCUT2D eigenvalue weighted by molar-refractivity contribution is 6.31. The van der Waals surface area contributed by atoms with Crippen LogP contribution in [0.25, 0.3) is 0 Å². The van der Waals surface area contributed by atoms with E-state index in [1.165, 1.54) is 0 Å². The summed E-state index contributed by atoms with van der Waals surface area (Å²) in [6.07, 6.45) is -0.165. The van der Waals surface area contributed by atoms with Crippen LogP contribution >= 0.6 is 11.6 Å². The Kier molecular flexibility index (Phi) is 9.49. The summed E-state index contributed by atoms with van der Waals surface area (Å²) in [5, 5.41) is 43.9. The molecule has 220 valence electrons. The summed E-state index contributed by atoms with van der Waals surface area (Å²) in [7, 11) is 0. The van der Waals surface area contributed by atoms with E-state index in [1.54, 1.807) is 24.0 Å². The minimum absolute atomic E-state index is 0.00644. The molecule has 0 radical (unpaired) electrons. The van der Waals surface area contributed by atoms with Gasteiger partial charge < -0.3 is 35.0 Å². The van der Waals surface area contributed by atoms with Crippen molar-refractivity contribution in [3.8, 4) is 11.8 Å². The highest BCUT2D eigenvalue weighted by atomic mass is 35.5. The van der Waals surface area contributed by atoms with Crippen LogP contribution in [0.4, 0.5) is 0 Å². The topological polar surface area (TPSA) is 135 Å². The van der Waals surface area contributed by atoms with Crippen LogP contribution in [-0.2, 0) is 16.0 Å². The molecule has 0 aromatic heterocycles. The van der Waals surface area contributed by atoms with Crippen LogP contribution in [0, 0.1) is 11.3 Å². The van der Waals surface area contributed by atoms with Gasteiger partial charge in [0.05, 0.1) is 18.7 Å². The van der Waals surface area contributed by atoms with Crippen molar-refractivity contribution in [1.29, 1.82) is 5.26 Å². The van der Waals surface area contributed by atoms with E-state index in [-0.39, 0.29) is 30.6 Å². The van der Waals surface area contributed by atoms with Crippen molar-refractivity contribution in [2.75, 3.05) is 13.1 Å². The molecule has 10 heteroatoms. The van der Waals surface area contributed by atoms with Gasteiger partial charge in [0.1, 0.15) is 42.3 Å². The molecular formula is C31H38ClN3O6. The van der Waals surface area contributed by atoms with Crippen LogP contribution in [0.2, 0.25) is 5.02 Å². The summed E-state index contributed by atoms with van der Waals surface area (Å²) in [6, 6.07) is 15.4. The maximum absolute atomic E-state index is 12.5. The van der Waals surface area contributed by atoms with Crippen molar-refractivity contribution >= 4 is 17.5 Å². The Hall–Kier alpha value is -2.71. The Morgan fingerprint density at radius 1 is 1.12 bits per heavy atom. The summed E-state index contributed by atoms with van der Waals surface area (Å²) in [5.41, 5.74) is 2.58. The number of carbonyl (C=O) groups is 1. The number of benzene rings is 2. The van der Waals surface area contributed by atoms with E-state index in [1.807, 2.05) is 30.3 Å². The van der Waals surface area contributed by atoms with Gasteiger partial charge in [0, 0.05) is 17.6 Å². The lowest BCUT2D eigenvalue weighted by atomic mass is 9.90. The van der Waals surface area contributed by atoms with E-state index in [0.717, 1.165) is 49.0 Å². The van der Waals surface area contributed by atoms with Crippen molar-refractivity contribution in [1.82, 2.24) is 10.2 Å². The summed E-state index contributed by atoms with van der Waals surface area (Å²) in [4.78, 5) is 14.2. The van der Waals surface area contributed by atoms with Gasteiger partial charge in [-0.1, -0.05) is 35.9 Å². The molecule has 2 aromatic rings. The van der Waals surface area contributed by atoms with E-state index >= 15 is 0 Å². The van der Waals surface area contributed by atoms with Crippen LogP contribution in [0.15, 0.2) is 42.5 Å². The molecule has 9 nitrogen and oxygen atoms in total. The third-order valence-corrected chi connectivity index (χ3v) is 8.89. The Labute approximate surface area is 245 Å². The number of halogens is 1. The Bertz CT molecular complexity index is 1250. The number of hydrogen-bond acceptors (Lipinski definition) is 8. The van der Waals surface area contributed by atoms with Crippen molar-refractivity contribution in [3.05, 3.63) is 64.2 Å². The fraction of sp³-hybridized carbons (Fsp3) is 0.548.